The van der Waals surface area contributed by atoms with Gasteiger partial charge in [-0.05, 0) is 25.1 Å². The van der Waals surface area contributed by atoms with E-state index in [4.69, 9.17) is 5.11 Å². The molecule has 0 radical (unpaired) electrons. The van der Waals surface area contributed by atoms with Crippen molar-refractivity contribution in [3.8, 4) is 0 Å². The standard InChI is InChI=1S/C13H18N2O5S/c1-9(13(17)18)15(4)21(19,20)11-7-5-6-10(8-11)12(16)14(2)3/h5-9H,1-4H3,(H,17,18)/t9-/m0/s1. The van der Waals surface area contributed by atoms with Crippen molar-refractivity contribution in [1.82, 2.24) is 9.21 Å². The number of carboxylic acids is 1. The van der Waals surface area contributed by atoms with Gasteiger partial charge in [0.1, 0.15) is 6.04 Å². The molecule has 0 unspecified atom stereocenters. The van der Waals surface area contributed by atoms with E-state index in [0.717, 1.165) is 4.31 Å². The first-order valence-corrected chi connectivity index (χ1v) is 7.55. The van der Waals surface area contributed by atoms with E-state index in [9.17, 15) is 18.0 Å². The molecule has 21 heavy (non-hydrogen) atoms. The van der Waals surface area contributed by atoms with Crippen molar-refractivity contribution in [2.24, 2.45) is 0 Å². The zero-order chi connectivity index (χ0) is 16.4. The molecule has 1 aromatic carbocycles. The van der Waals surface area contributed by atoms with Crippen LogP contribution in [0.2, 0.25) is 0 Å². The minimum atomic E-state index is -3.98. The second-order valence-electron chi connectivity index (χ2n) is 4.76. The molecule has 0 spiro atoms. The average Bonchev–Trinajstić information content (AvgIpc) is 2.44. The van der Waals surface area contributed by atoms with Crippen LogP contribution in [0.4, 0.5) is 0 Å². The number of aliphatic carboxylic acids is 1. The highest BCUT2D eigenvalue weighted by atomic mass is 32.2. The van der Waals surface area contributed by atoms with Crippen LogP contribution in [0.1, 0.15) is 17.3 Å². The van der Waals surface area contributed by atoms with E-state index in [1.54, 1.807) is 14.1 Å². The van der Waals surface area contributed by atoms with Gasteiger partial charge in [-0.2, -0.15) is 4.31 Å². The van der Waals surface area contributed by atoms with Crippen molar-refractivity contribution in [2.45, 2.75) is 17.9 Å². The van der Waals surface area contributed by atoms with Gasteiger partial charge in [-0.1, -0.05) is 6.07 Å². The number of sulfonamides is 1. The molecule has 0 aliphatic heterocycles. The van der Waals surface area contributed by atoms with Gasteiger partial charge in [-0.3, -0.25) is 9.59 Å². The molecule has 0 aromatic heterocycles. The highest BCUT2D eigenvalue weighted by Crippen LogP contribution is 2.18. The first-order valence-electron chi connectivity index (χ1n) is 6.11. The summed E-state index contributed by atoms with van der Waals surface area (Å²) in [6, 6.07) is 4.31. The van der Waals surface area contributed by atoms with E-state index in [2.05, 4.69) is 0 Å². The van der Waals surface area contributed by atoms with Crippen molar-refractivity contribution >= 4 is 21.9 Å². The summed E-state index contributed by atoms with van der Waals surface area (Å²) in [6.45, 7) is 1.27. The fourth-order valence-electron chi connectivity index (χ4n) is 1.58. The summed E-state index contributed by atoms with van der Waals surface area (Å²) in [7, 11) is 0.321. The molecule has 0 aliphatic rings. The topological polar surface area (TPSA) is 95.0 Å². The SMILES string of the molecule is C[C@@H](C(=O)O)N(C)S(=O)(=O)c1cccc(C(=O)N(C)C)c1. The maximum absolute atomic E-state index is 12.4. The normalized spacial score (nSPS) is 13.0. The van der Waals surface area contributed by atoms with Crippen LogP contribution in [0.15, 0.2) is 29.2 Å². The fraction of sp³-hybridized carbons (Fsp3) is 0.385. The van der Waals surface area contributed by atoms with Gasteiger partial charge in [0.05, 0.1) is 4.90 Å². The number of likely N-dealkylation sites (N-methyl/N-ethyl adjacent to an activating group) is 1. The largest absolute Gasteiger partial charge is 0.480 e. The van der Waals surface area contributed by atoms with Crippen molar-refractivity contribution in [3.05, 3.63) is 29.8 Å². The highest BCUT2D eigenvalue weighted by molar-refractivity contribution is 7.89. The fourth-order valence-corrected chi connectivity index (χ4v) is 2.94. The Hall–Kier alpha value is -1.93. The molecule has 0 fully saturated rings. The molecular formula is C13H18N2O5S. The molecule has 0 saturated carbocycles. The molecule has 8 heteroatoms. The summed E-state index contributed by atoms with van der Waals surface area (Å²) in [5.74, 6) is -1.58. The number of carbonyl (C=O) groups excluding carboxylic acids is 1. The van der Waals surface area contributed by atoms with Gasteiger partial charge >= 0.3 is 5.97 Å². The molecule has 0 aliphatic carbocycles. The molecule has 7 nitrogen and oxygen atoms in total. The lowest BCUT2D eigenvalue weighted by Crippen LogP contribution is -2.40. The quantitative estimate of drug-likeness (QED) is 0.853. The van der Waals surface area contributed by atoms with E-state index in [1.165, 1.54) is 43.1 Å². The molecular weight excluding hydrogens is 296 g/mol. The van der Waals surface area contributed by atoms with Crippen molar-refractivity contribution in [2.75, 3.05) is 21.1 Å². The number of rotatable bonds is 5. The van der Waals surface area contributed by atoms with Gasteiger partial charge in [-0.25, -0.2) is 8.42 Å². The Morgan fingerprint density at radius 2 is 1.76 bits per heavy atom. The number of nitrogens with zero attached hydrogens (tertiary/aromatic N) is 2. The van der Waals surface area contributed by atoms with Crippen LogP contribution in [0.5, 0.6) is 0 Å². The molecule has 1 rings (SSSR count). The third kappa shape index (κ3) is 3.59. The van der Waals surface area contributed by atoms with Crippen LogP contribution in [-0.4, -0.2) is 61.8 Å². The summed E-state index contributed by atoms with van der Waals surface area (Å²) < 4.78 is 25.5. The summed E-state index contributed by atoms with van der Waals surface area (Å²) in [4.78, 5) is 24.0. The Bertz CT molecular complexity index is 654. The number of carbonyl (C=O) groups is 2. The number of amides is 1. The summed E-state index contributed by atoms with van der Waals surface area (Å²) in [6.07, 6.45) is 0. The van der Waals surface area contributed by atoms with Gasteiger partial charge < -0.3 is 10.0 Å². The van der Waals surface area contributed by atoms with Crippen molar-refractivity contribution < 1.29 is 23.1 Å². The van der Waals surface area contributed by atoms with E-state index in [-0.39, 0.29) is 16.4 Å². The Labute approximate surface area is 123 Å². The Morgan fingerprint density at radius 3 is 2.24 bits per heavy atom. The van der Waals surface area contributed by atoms with Crippen LogP contribution >= 0.6 is 0 Å². The van der Waals surface area contributed by atoms with E-state index in [0.29, 0.717) is 0 Å². The van der Waals surface area contributed by atoms with E-state index >= 15 is 0 Å². The molecule has 0 saturated heterocycles. The van der Waals surface area contributed by atoms with Crippen LogP contribution in [0.25, 0.3) is 0 Å². The third-order valence-corrected chi connectivity index (χ3v) is 4.99. The van der Waals surface area contributed by atoms with Crippen LogP contribution in [0.3, 0.4) is 0 Å². The highest BCUT2D eigenvalue weighted by Gasteiger charge is 2.29. The Kier molecular flexibility index (Phi) is 5.08. The summed E-state index contributed by atoms with van der Waals surface area (Å²) >= 11 is 0. The summed E-state index contributed by atoms with van der Waals surface area (Å²) in [5, 5.41) is 8.91. The van der Waals surface area contributed by atoms with Gasteiger partial charge in [-0.15, -0.1) is 0 Å². The molecule has 0 heterocycles. The predicted octanol–water partition coefficient (Wildman–Crippen LogP) is 0.482. The number of hydrogen-bond donors (Lipinski definition) is 1. The zero-order valence-corrected chi connectivity index (χ0v) is 13.1. The Morgan fingerprint density at radius 1 is 1.19 bits per heavy atom. The van der Waals surface area contributed by atoms with Crippen LogP contribution in [0, 0.1) is 0 Å². The first-order chi connectivity index (χ1) is 9.59. The molecule has 1 atom stereocenters. The lowest BCUT2D eigenvalue weighted by atomic mass is 10.2. The minimum Gasteiger partial charge on any atom is -0.480 e. The predicted molar refractivity (Wildman–Crippen MR) is 76.5 cm³/mol. The van der Waals surface area contributed by atoms with Gasteiger partial charge in [0.2, 0.25) is 10.0 Å². The van der Waals surface area contributed by atoms with Crippen LogP contribution < -0.4 is 0 Å². The number of benzene rings is 1. The number of hydrogen-bond acceptors (Lipinski definition) is 4. The monoisotopic (exact) mass is 314 g/mol. The minimum absolute atomic E-state index is 0.120. The second-order valence-corrected chi connectivity index (χ2v) is 6.76. The maximum Gasteiger partial charge on any atom is 0.321 e. The van der Waals surface area contributed by atoms with Gasteiger partial charge in [0, 0.05) is 26.7 Å². The van der Waals surface area contributed by atoms with Gasteiger partial charge in [0.15, 0.2) is 0 Å². The molecule has 1 N–H and O–H groups in total. The van der Waals surface area contributed by atoms with Crippen molar-refractivity contribution in [3.63, 3.8) is 0 Å². The Balaban J connectivity index is 3.24. The second kappa shape index (κ2) is 6.23. The first kappa shape index (κ1) is 17.1. The number of carboxylic acid groups (broad SMARTS) is 1. The smallest absolute Gasteiger partial charge is 0.321 e. The zero-order valence-electron chi connectivity index (χ0n) is 12.3. The molecule has 1 aromatic rings. The van der Waals surface area contributed by atoms with Crippen molar-refractivity contribution in [1.29, 1.82) is 0 Å². The lowest BCUT2D eigenvalue weighted by molar-refractivity contribution is -0.140. The van der Waals surface area contributed by atoms with E-state index < -0.39 is 22.0 Å². The molecule has 0 bridgehead atoms. The lowest BCUT2D eigenvalue weighted by Gasteiger charge is -2.21. The third-order valence-electron chi connectivity index (χ3n) is 3.07. The molecule has 1 amide bonds. The average molecular weight is 314 g/mol. The van der Waals surface area contributed by atoms with Crippen LogP contribution in [-0.2, 0) is 14.8 Å². The molecule has 116 valence electrons. The van der Waals surface area contributed by atoms with E-state index in [1.807, 2.05) is 0 Å². The van der Waals surface area contributed by atoms with Gasteiger partial charge in [0.25, 0.3) is 5.91 Å². The summed E-state index contributed by atoms with van der Waals surface area (Å²) in [5.41, 5.74) is 0.220. The maximum atomic E-state index is 12.4.